The summed E-state index contributed by atoms with van der Waals surface area (Å²) in [5.41, 5.74) is 3.61. The summed E-state index contributed by atoms with van der Waals surface area (Å²) in [4.78, 5) is 9.58. The monoisotopic (exact) mass is 105 g/mol. The molecule has 0 fully saturated rings. The van der Waals surface area contributed by atoms with Gasteiger partial charge in [0.1, 0.15) is 0 Å². The Kier molecular flexibility index (Phi) is 1.61. The first kappa shape index (κ1) is 5.44. The van der Waals surface area contributed by atoms with Crippen LogP contribution in [0.25, 0.3) is 0 Å². The predicted molar refractivity (Wildman–Crippen MR) is 24.3 cm³/mol. The topological polar surface area (TPSA) is 60.2 Å². The minimum Gasteiger partial charge on any atom is -0.360 e. The minimum atomic E-state index is -2.02. The van der Waals surface area contributed by atoms with Gasteiger partial charge in [-0.25, -0.2) is 0 Å². The number of primary amides is 1. The lowest BCUT2D eigenvalue weighted by Crippen LogP contribution is -1.97. The molecule has 2 N–H and O–H groups in total. The number of amides is 1. The van der Waals surface area contributed by atoms with E-state index in [2.05, 4.69) is 12.0 Å². The van der Waals surface area contributed by atoms with Crippen LogP contribution in [0.5, 0.6) is 0 Å². The molecule has 0 saturated heterocycles. The molecule has 0 saturated carbocycles. The molecule has 0 aliphatic rings. The Hall–Kier alpha value is -0.560. The first-order chi connectivity index (χ1) is 2.64. The zero-order valence-electron chi connectivity index (χ0n) is 3.05. The molecule has 0 aliphatic heterocycles. The van der Waals surface area contributed by atoms with Gasteiger partial charge in [0, 0.05) is 0 Å². The van der Waals surface area contributed by atoms with E-state index in [9.17, 15) is 9.36 Å². The molecular weight excluding hydrogens is 101 g/mol. The van der Waals surface area contributed by atoms with Crippen LogP contribution >= 0.6 is 7.42 Å². The van der Waals surface area contributed by atoms with E-state index in [-0.39, 0.29) is 0 Å². The number of nitrogens with two attached hydrogens (primary N) is 1. The average molecular weight is 105 g/mol. The fourth-order valence-electron chi connectivity index (χ4n) is 0. The van der Waals surface area contributed by atoms with Gasteiger partial charge in [0.2, 0.25) is 0 Å². The zero-order chi connectivity index (χ0) is 5.15. The molecule has 0 spiro atoms. The number of hydrogen-bond donors (Lipinski definition) is 1. The van der Waals surface area contributed by atoms with Gasteiger partial charge in [-0.15, -0.1) is 0 Å². The Balaban J connectivity index is 3.94. The molecule has 0 rings (SSSR count). The van der Waals surface area contributed by atoms with Gasteiger partial charge in [-0.2, -0.15) is 0 Å². The highest BCUT2D eigenvalue weighted by Crippen LogP contribution is 1.96. The van der Waals surface area contributed by atoms with Crippen LogP contribution in [-0.4, -0.2) is 11.9 Å². The van der Waals surface area contributed by atoms with Crippen LogP contribution in [0.3, 0.4) is 0 Å². The molecule has 0 heterocycles. The molecule has 0 aromatic carbocycles. The van der Waals surface area contributed by atoms with Crippen LogP contribution in [0.1, 0.15) is 0 Å². The first-order valence-corrected chi connectivity index (χ1v) is 2.66. The Morgan fingerprint density at radius 1 is 1.83 bits per heavy atom. The molecule has 6 heavy (non-hydrogen) atoms. The summed E-state index contributed by atoms with van der Waals surface area (Å²) < 4.78 is 9.71. The fourth-order valence-corrected chi connectivity index (χ4v) is 0. The first-order valence-electron chi connectivity index (χ1n) is 1.22. The third-order valence-corrected chi connectivity index (χ3v) is 0.737. The van der Waals surface area contributed by atoms with Crippen molar-refractivity contribution in [2.24, 2.45) is 5.73 Å². The lowest BCUT2D eigenvalue weighted by molar-refractivity contribution is 0.266. The van der Waals surface area contributed by atoms with E-state index in [1.54, 1.807) is 0 Å². The molecule has 3 nitrogen and oxygen atoms in total. The smallest absolute Gasteiger partial charge is 0.301 e. The van der Waals surface area contributed by atoms with E-state index in [0.717, 1.165) is 0 Å². The number of rotatable bonds is 1. The van der Waals surface area contributed by atoms with Gasteiger partial charge in [-0.05, 0) is 6.30 Å². The van der Waals surface area contributed by atoms with Crippen molar-refractivity contribution in [2.45, 2.75) is 0 Å². The quantitative estimate of drug-likeness (QED) is 0.488. The molecule has 0 bridgehead atoms. The van der Waals surface area contributed by atoms with E-state index in [4.69, 9.17) is 0 Å². The molecule has 0 aliphatic carbocycles. The predicted octanol–water partition coefficient (Wildman–Crippen LogP) is 0.325. The van der Waals surface area contributed by atoms with Gasteiger partial charge in [-0.1, -0.05) is 0 Å². The second-order valence-corrected chi connectivity index (χ2v) is 1.91. The van der Waals surface area contributed by atoms with E-state index in [1.807, 2.05) is 0 Å². The summed E-state index contributed by atoms with van der Waals surface area (Å²) in [6.07, 6.45) is 2.87. The third-order valence-electron chi connectivity index (χ3n) is 0.246. The highest BCUT2D eigenvalue weighted by molar-refractivity contribution is 7.61. The fraction of sp³-hybridized carbons (Fsp3) is 0. The summed E-state index contributed by atoms with van der Waals surface area (Å²) in [6, 6.07) is 0. The van der Waals surface area contributed by atoms with Crippen LogP contribution in [0.15, 0.2) is 0 Å². The van der Waals surface area contributed by atoms with Crippen molar-refractivity contribution in [3.05, 3.63) is 0 Å². The largest absolute Gasteiger partial charge is 0.360 e. The van der Waals surface area contributed by atoms with Crippen LogP contribution in [0.2, 0.25) is 0 Å². The lowest BCUT2D eigenvalue weighted by Gasteiger charge is -1.67. The molecule has 1 atom stereocenters. The van der Waals surface area contributed by atoms with Crippen LogP contribution < -0.4 is 5.73 Å². The third kappa shape index (κ3) is 1.73. The number of carbonyl (C=O) groups is 1. The Bertz CT molecular complexity index is 118. The molecule has 4 heteroatoms. The maximum Gasteiger partial charge on any atom is 0.301 e. The Labute approximate surface area is 35.6 Å². The van der Waals surface area contributed by atoms with E-state index in [0.29, 0.717) is 0 Å². The van der Waals surface area contributed by atoms with Gasteiger partial charge < -0.3 is 5.73 Å². The summed E-state index contributed by atoms with van der Waals surface area (Å²) in [5.74, 6) is 0. The van der Waals surface area contributed by atoms with E-state index >= 15 is 0 Å². The highest BCUT2D eigenvalue weighted by atomic mass is 31.1. The van der Waals surface area contributed by atoms with Crippen LogP contribution in [-0.2, 0) is 4.57 Å². The van der Waals surface area contributed by atoms with Crippen molar-refractivity contribution < 1.29 is 9.36 Å². The SMILES string of the molecule is C=P(=O)C(N)=O. The van der Waals surface area contributed by atoms with Crippen molar-refractivity contribution in [3.63, 3.8) is 0 Å². The maximum atomic E-state index is 9.71. The molecule has 0 aromatic heterocycles. The summed E-state index contributed by atoms with van der Waals surface area (Å²) >= 11 is 0. The van der Waals surface area contributed by atoms with Gasteiger partial charge in [0.25, 0.3) is 0 Å². The maximum absolute atomic E-state index is 9.71. The Morgan fingerprint density at radius 2 is 2.00 bits per heavy atom. The van der Waals surface area contributed by atoms with Crippen molar-refractivity contribution in [2.75, 3.05) is 0 Å². The second-order valence-electron chi connectivity index (χ2n) is 0.717. The van der Waals surface area contributed by atoms with Crippen LogP contribution in [0.4, 0.5) is 4.79 Å². The van der Waals surface area contributed by atoms with Gasteiger partial charge in [0.15, 0.2) is 7.42 Å². The van der Waals surface area contributed by atoms with Crippen molar-refractivity contribution in [3.8, 4) is 0 Å². The van der Waals surface area contributed by atoms with Crippen LogP contribution in [0, 0.1) is 0 Å². The number of carbonyl (C=O) groups excluding carboxylic acids is 1. The molecular formula is C2H4NO2P. The van der Waals surface area contributed by atoms with Crippen molar-refractivity contribution in [1.29, 1.82) is 0 Å². The Morgan fingerprint density at radius 3 is 2.00 bits per heavy atom. The summed E-state index contributed by atoms with van der Waals surface area (Å²) in [5, 5.41) is 0. The van der Waals surface area contributed by atoms with Gasteiger partial charge in [-0.3, -0.25) is 9.36 Å². The second kappa shape index (κ2) is 1.78. The molecule has 1 unspecified atom stereocenters. The standard InChI is InChI=1S/C2H4NO2P/c1-6(5)2(3)4/h1H2,(H2,3,4). The van der Waals surface area contributed by atoms with Gasteiger partial charge >= 0.3 is 5.65 Å². The lowest BCUT2D eigenvalue weighted by atomic mass is 11.5. The van der Waals surface area contributed by atoms with E-state index < -0.39 is 13.1 Å². The molecule has 0 aromatic rings. The highest BCUT2D eigenvalue weighted by Gasteiger charge is 1.85. The average Bonchev–Trinajstić information content (AvgIpc) is 1.36. The normalized spacial score (nSPS) is 10.3. The number of hydrogen-bond acceptors (Lipinski definition) is 2. The van der Waals surface area contributed by atoms with Gasteiger partial charge in [0.05, 0.1) is 0 Å². The molecule has 34 valence electrons. The zero-order valence-corrected chi connectivity index (χ0v) is 3.94. The van der Waals surface area contributed by atoms with E-state index in [1.165, 1.54) is 0 Å². The minimum absolute atomic E-state index is 0.843. The summed E-state index contributed by atoms with van der Waals surface area (Å²) in [6.45, 7) is 0. The van der Waals surface area contributed by atoms with Crippen molar-refractivity contribution >= 4 is 19.4 Å². The molecule has 0 radical (unpaired) electrons. The molecule has 1 amide bonds. The van der Waals surface area contributed by atoms with Crippen molar-refractivity contribution in [1.82, 2.24) is 0 Å². The summed E-state index contributed by atoms with van der Waals surface area (Å²) in [7, 11) is -2.02.